The van der Waals surface area contributed by atoms with E-state index >= 15 is 0 Å². The van der Waals surface area contributed by atoms with Crippen LogP contribution < -0.4 is 19.8 Å². The molecule has 0 atom stereocenters. The monoisotopic (exact) mass is 644 g/mol. The third-order valence-corrected chi connectivity index (χ3v) is 11.8. The van der Waals surface area contributed by atoms with E-state index in [0.29, 0.717) is 36.8 Å². The highest BCUT2D eigenvalue weighted by Gasteiger charge is 2.26. The number of ether oxygens (including phenoxy) is 2. The van der Waals surface area contributed by atoms with E-state index in [1.807, 2.05) is 48.5 Å². The summed E-state index contributed by atoms with van der Waals surface area (Å²) in [6.07, 6.45) is 4.28. The predicted octanol–water partition coefficient (Wildman–Crippen LogP) is 8.30. The first-order valence-electron chi connectivity index (χ1n) is 16.3. The van der Waals surface area contributed by atoms with Crippen LogP contribution in [-0.2, 0) is 0 Å². The molecule has 0 aliphatic heterocycles. The maximum Gasteiger partial charge on any atom is 0.248 e. The van der Waals surface area contributed by atoms with Crippen molar-refractivity contribution in [3.05, 3.63) is 97.1 Å². The summed E-state index contributed by atoms with van der Waals surface area (Å²) < 4.78 is 23.6. The van der Waals surface area contributed by atoms with Crippen molar-refractivity contribution in [2.24, 2.45) is 0 Å². The lowest BCUT2D eigenvalue weighted by molar-refractivity contribution is 0.309. The van der Waals surface area contributed by atoms with Crippen LogP contribution in [0.5, 0.6) is 11.5 Å². The fourth-order valence-electron chi connectivity index (χ4n) is 5.19. The highest BCUT2D eigenvalue weighted by atomic mass is 28.3. The van der Waals surface area contributed by atoms with Crippen molar-refractivity contribution >= 4 is 18.4 Å². The summed E-state index contributed by atoms with van der Waals surface area (Å²) in [6.45, 7) is 10.4. The first kappa shape index (κ1) is 31.9. The van der Waals surface area contributed by atoms with Gasteiger partial charge < -0.3 is 18.3 Å². The van der Waals surface area contributed by atoms with E-state index in [4.69, 9.17) is 18.3 Å². The maximum atomic E-state index is 6.04. The van der Waals surface area contributed by atoms with Crippen molar-refractivity contribution in [3.8, 4) is 57.3 Å². The van der Waals surface area contributed by atoms with E-state index in [1.54, 1.807) is 0 Å². The average molecular weight is 645 g/mol. The fourth-order valence-corrected chi connectivity index (χ4v) is 7.53. The zero-order chi connectivity index (χ0) is 32.6. The van der Waals surface area contributed by atoms with Gasteiger partial charge in [-0.05, 0) is 85.6 Å². The van der Waals surface area contributed by atoms with Gasteiger partial charge in [0.25, 0.3) is 0 Å². The molecule has 0 saturated heterocycles. The lowest BCUT2D eigenvalue weighted by atomic mass is 10.2. The molecule has 0 amide bonds. The molecule has 0 spiro atoms. The summed E-state index contributed by atoms with van der Waals surface area (Å²) in [5, 5.41) is 19.8. The molecule has 0 fully saturated rings. The number of unbranched alkanes of at least 4 members (excludes halogenated alkanes) is 2. The molecule has 6 rings (SSSR count). The molecule has 0 radical (unpaired) electrons. The molecule has 0 bridgehead atoms. The van der Waals surface area contributed by atoms with Gasteiger partial charge in [0, 0.05) is 22.3 Å². The Morgan fingerprint density at radius 2 is 0.766 bits per heavy atom. The van der Waals surface area contributed by atoms with E-state index in [2.05, 4.69) is 95.9 Å². The van der Waals surface area contributed by atoms with E-state index in [9.17, 15) is 0 Å². The number of rotatable bonds is 14. The third kappa shape index (κ3) is 7.52. The quantitative estimate of drug-likeness (QED) is 0.0863. The van der Waals surface area contributed by atoms with Crippen LogP contribution in [0.1, 0.15) is 39.5 Å². The second-order valence-electron chi connectivity index (χ2n) is 12.1. The molecule has 47 heavy (non-hydrogen) atoms. The molecule has 2 aromatic heterocycles. The van der Waals surface area contributed by atoms with Crippen LogP contribution in [-0.4, -0.2) is 41.7 Å². The van der Waals surface area contributed by atoms with Crippen LogP contribution >= 0.6 is 0 Å². The Kier molecular flexibility index (Phi) is 9.92. The van der Waals surface area contributed by atoms with Gasteiger partial charge in [-0.2, -0.15) is 0 Å². The summed E-state index contributed by atoms with van der Waals surface area (Å²) in [4.78, 5) is 0. The summed E-state index contributed by atoms with van der Waals surface area (Å²) in [5.41, 5.74) is 3.49. The molecule has 0 N–H and O–H groups in total. The normalized spacial score (nSPS) is 11.5. The number of aromatic nitrogens is 4. The minimum atomic E-state index is -1.99. The molecule has 9 heteroatoms. The Balaban J connectivity index is 1.10. The maximum absolute atomic E-state index is 6.04. The summed E-state index contributed by atoms with van der Waals surface area (Å²) in [7, 11) is -1.99. The van der Waals surface area contributed by atoms with Gasteiger partial charge in [-0.1, -0.05) is 74.4 Å². The molecule has 8 nitrogen and oxygen atoms in total. The molecule has 2 heterocycles. The standard InChI is InChI=1S/C38H40N4O4Si/c1-5-7-25-43-31-17-9-27(10-18-31)35-39-41-37(45-35)29-13-21-33(22-14-29)47(3,4)34-23-15-30(16-24-34)38-42-40-36(46-38)28-11-19-32(20-12-28)44-26-8-6-2/h9-24H,5-8,25-26H2,1-4H3. The molecule has 6 aromatic rings. The van der Waals surface area contributed by atoms with Crippen molar-refractivity contribution in [1.82, 2.24) is 20.4 Å². The fraction of sp³-hybridized carbons (Fsp3) is 0.263. The second kappa shape index (κ2) is 14.6. The smallest absolute Gasteiger partial charge is 0.248 e. The first-order chi connectivity index (χ1) is 22.9. The lowest BCUT2D eigenvalue weighted by Crippen LogP contribution is -2.52. The molecule has 0 unspecified atom stereocenters. The third-order valence-electron chi connectivity index (χ3n) is 8.29. The SMILES string of the molecule is CCCCOc1ccc(-c2nnc(-c3ccc([Si](C)(C)c4ccc(-c5nnc(-c6ccc(OCCCC)cc6)o5)cc4)cc3)o2)cc1. The molecule has 0 saturated carbocycles. The summed E-state index contributed by atoms with van der Waals surface area (Å²) >= 11 is 0. The Bertz CT molecular complexity index is 1730. The van der Waals surface area contributed by atoms with Gasteiger partial charge in [-0.15, -0.1) is 20.4 Å². The van der Waals surface area contributed by atoms with Gasteiger partial charge in [0.05, 0.1) is 13.2 Å². The van der Waals surface area contributed by atoms with Crippen LogP contribution in [0.4, 0.5) is 0 Å². The Labute approximate surface area is 276 Å². The van der Waals surface area contributed by atoms with Crippen LogP contribution in [0.2, 0.25) is 13.1 Å². The molecule has 4 aromatic carbocycles. The summed E-state index contributed by atoms with van der Waals surface area (Å²) in [5.74, 6) is 3.64. The van der Waals surface area contributed by atoms with Crippen LogP contribution in [0.3, 0.4) is 0 Å². The van der Waals surface area contributed by atoms with Crippen molar-refractivity contribution < 1.29 is 18.3 Å². The van der Waals surface area contributed by atoms with Crippen molar-refractivity contribution in [2.75, 3.05) is 13.2 Å². The van der Waals surface area contributed by atoms with Crippen LogP contribution in [0.25, 0.3) is 45.8 Å². The first-order valence-corrected chi connectivity index (χ1v) is 19.3. The molecule has 0 aliphatic rings. The van der Waals surface area contributed by atoms with E-state index < -0.39 is 8.07 Å². The van der Waals surface area contributed by atoms with E-state index in [0.717, 1.165) is 59.4 Å². The second-order valence-corrected chi connectivity index (χ2v) is 16.5. The Morgan fingerprint density at radius 1 is 0.468 bits per heavy atom. The van der Waals surface area contributed by atoms with Crippen LogP contribution in [0.15, 0.2) is 106 Å². The zero-order valence-corrected chi connectivity index (χ0v) is 28.4. The number of benzene rings is 4. The number of hydrogen-bond donors (Lipinski definition) is 0. The minimum Gasteiger partial charge on any atom is -0.494 e. The Morgan fingerprint density at radius 3 is 1.06 bits per heavy atom. The highest BCUT2D eigenvalue weighted by Crippen LogP contribution is 2.27. The van der Waals surface area contributed by atoms with Gasteiger partial charge in [-0.3, -0.25) is 0 Å². The predicted molar refractivity (Wildman–Crippen MR) is 188 cm³/mol. The topological polar surface area (TPSA) is 96.3 Å². The van der Waals surface area contributed by atoms with E-state index in [1.165, 1.54) is 10.4 Å². The van der Waals surface area contributed by atoms with Gasteiger partial charge in [0.1, 0.15) is 19.6 Å². The lowest BCUT2D eigenvalue weighted by Gasteiger charge is -2.24. The largest absolute Gasteiger partial charge is 0.494 e. The van der Waals surface area contributed by atoms with Gasteiger partial charge in [-0.25, -0.2) is 0 Å². The highest BCUT2D eigenvalue weighted by molar-refractivity contribution is 7.00. The van der Waals surface area contributed by atoms with Crippen molar-refractivity contribution in [1.29, 1.82) is 0 Å². The average Bonchev–Trinajstić information content (AvgIpc) is 3.81. The zero-order valence-electron chi connectivity index (χ0n) is 27.4. The molecule has 240 valence electrons. The van der Waals surface area contributed by atoms with Gasteiger partial charge >= 0.3 is 0 Å². The number of hydrogen-bond acceptors (Lipinski definition) is 8. The van der Waals surface area contributed by atoms with E-state index in [-0.39, 0.29) is 0 Å². The number of nitrogens with zero attached hydrogens (tertiary/aromatic N) is 4. The van der Waals surface area contributed by atoms with Gasteiger partial charge in [0.2, 0.25) is 23.6 Å². The van der Waals surface area contributed by atoms with Crippen molar-refractivity contribution in [2.45, 2.75) is 52.6 Å². The van der Waals surface area contributed by atoms with Gasteiger partial charge in [0.15, 0.2) is 0 Å². The molecule has 0 aliphatic carbocycles. The molecular formula is C38H40N4O4Si. The Hall–Kier alpha value is -5.02. The summed E-state index contributed by atoms with van der Waals surface area (Å²) in [6, 6.07) is 32.5. The van der Waals surface area contributed by atoms with Crippen LogP contribution in [0, 0.1) is 0 Å². The molecular weight excluding hydrogens is 605 g/mol. The van der Waals surface area contributed by atoms with Crippen molar-refractivity contribution in [3.63, 3.8) is 0 Å². The minimum absolute atomic E-state index is 0.484.